The number of nitrogens with one attached hydrogen (secondary N) is 1. The number of benzene rings is 1. The van der Waals surface area contributed by atoms with E-state index in [-0.39, 0.29) is 6.61 Å². The van der Waals surface area contributed by atoms with Crippen LogP contribution in [0.25, 0.3) is 0 Å². The lowest BCUT2D eigenvalue weighted by atomic mass is 10.2. The summed E-state index contributed by atoms with van der Waals surface area (Å²) in [5.74, 6) is 1.87. The molecule has 0 amide bonds. The predicted molar refractivity (Wildman–Crippen MR) is 74.7 cm³/mol. The average Bonchev–Trinajstić information content (AvgIpc) is 3.17. The topological polar surface area (TPSA) is 60.2 Å². The molecule has 106 valence electrons. The molecular formula is C14H16ClN3O2. The third kappa shape index (κ3) is 3.49. The monoisotopic (exact) mass is 293 g/mol. The first-order valence-corrected chi connectivity index (χ1v) is 7.02. The second-order valence-corrected chi connectivity index (χ2v) is 5.36. The summed E-state index contributed by atoms with van der Waals surface area (Å²) in [6.07, 6.45) is 2.50. The molecule has 6 heteroatoms. The van der Waals surface area contributed by atoms with Crippen LogP contribution < -0.4 is 10.1 Å². The maximum Gasteiger partial charge on any atom is 0.223 e. The van der Waals surface area contributed by atoms with Gasteiger partial charge in [0, 0.05) is 30.1 Å². The fourth-order valence-corrected chi connectivity index (χ4v) is 2.11. The molecular weight excluding hydrogens is 278 g/mol. The van der Waals surface area contributed by atoms with Crippen molar-refractivity contribution in [3.05, 3.63) is 40.5 Å². The molecule has 1 aliphatic rings. The lowest BCUT2D eigenvalue weighted by Crippen LogP contribution is -2.16. The van der Waals surface area contributed by atoms with E-state index in [1.165, 1.54) is 12.8 Å². The Morgan fingerprint density at radius 2 is 2.30 bits per heavy atom. The third-order valence-corrected chi connectivity index (χ3v) is 3.34. The summed E-state index contributed by atoms with van der Waals surface area (Å²) in [5, 5.41) is 7.97. The highest BCUT2D eigenvalue weighted by Crippen LogP contribution is 2.25. The van der Waals surface area contributed by atoms with Crippen LogP contribution in [-0.2, 0) is 13.2 Å². The second-order valence-electron chi connectivity index (χ2n) is 4.93. The van der Waals surface area contributed by atoms with E-state index in [1.807, 2.05) is 18.2 Å². The molecule has 1 heterocycles. The van der Waals surface area contributed by atoms with Gasteiger partial charge < -0.3 is 14.6 Å². The Morgan fingerprint density at radius 1 is 1.45 bits per heavy atom. The van der Waals surface area contributed by atoms with E-state index in [1.54, 1.807) is 6.92 Å². The molecule has 0 saturated heterocycles. The van der Waals surface area contributed by atoms with Crippen LogP contribution in [0.1, 0.15) is 30.1 Å². The summed E-state index contributed by atoms with van der Waals surface area (Å²) in [6, 6.07) is 6.26. The highest BCUT2D eigenvalue weighted by atomic mass is 35.5. The molecule has 1 fully saturated rings. The Bertz CT molecular complexity index is 596. The summed E-state index contributed by atoms with van der Waals surface area (Å²) in [6.45, 7) is 2.80. The Morgan fingerprint density at radius 3 is 3.00 bits per heavy atom. The zero-order valence-electron chi connectivity index (χ0n) is 11.2. The number of rotatable bonds is 6. The van der Waals surface area contributed by atoms with E-state index in [9.17, 15) is 0 Å². The third-order valence-electron chi connectivity index (χ3n) is 3.11. The van der Waals surface area contributed by atoms with Crippen LogP contribution in [0.15, 0.2) is 22.7 Å². The van der Waals surface area contributed by atoms with Crippen LogP contribution >= 0.6 is 11.6 Å². The number of halogens is 1. The van der Waals surface area contributed by atoms with Gasteiger partial charge in [-0.1, -0.05) is 16.8 Å². The van der Waals surface area contributed by atoms with Crippen LogP contribution in [0.5, 0.6) is 5.75 Å². The van der Waals surface area contributed by atoms with Crippen LogP contribution in [0.2, 0.25) is 5.02 Å². The molecule has 20 heavy (non-hydrogen) atoms. The van der Waals surface area contributed by atoms with Crippen LogP contribution in [-0.4, -0.2) is 16.2 Å². The number of aryl methyl sites for hydroxylation is 1. The fourth-order valence-electron chi connectivity index (χ4n) is 1.91. The summed E-state index contributed by atoms with van der Waals surface area (Å²) in [5.41, 5.74) is 1.05. The Labute approximate surface area is 122 Å². The van der Waals surface area contributed by atoms with Crippen molar-refractivity contribution in [3.8, 4) is 5.75 Å². The van der Waals surface area contributed by atoms with Gasteiger partial charge in [0.2, 0.25) is 11.7 Å². The average molecular weight is 294 g/mol. The molecule has 0 aliphatic heterocycles. The molecule has 0 unspecified atom stereocenters. The van der Waals surface area contributed by atoms with E-state index in [0.29, 0.717) is 22.8 Å². The first kappa shape index (κ1) is 13.4. The maximum atomic E-state index is 6.05. The molecule has 1 saturated carbocycles. The number of aromatic nitrogens is 2. The van der Waals surface area contributed by atoms with Crippen molar-refractivity contribution in [2.24, 2.45) is 0 Å². The van der Waals surface area contributed by atoms with Crippen molar-refractivity contribution in [2.75, 3.05) is 0 Å². The van der Waals surface area contributed by atoms with Crippen LogP contribution in [0.3, 0.4) is 0 Å². The zero-order valence-corrected chi connectivity index (χ0v) is 12.0. The van der Waals surface area contributed by atoms with Crippen molar-refractivity contribution in [1.29, 1.82) is 0 Å². The van der Waals surface area contributed by atoms with E-state index in [0.717, 1.165) is 17.9 Å². The fraction of sp³-hybridized carbons (Fsp3) is 0.429. The maximum absolute atomic E-state index is 6.05. The number of hydrogen-bond donors (Lipinski definition) is 1. The molecule has 1 aromatic heterocycles. The molecule has 0 spiro atoms. The lowest BCUT2D eigenvalue weighted by Gasteiger charge is -2.11. The first-order chi connectivity index (χ1) is 9.70. The smallest absolute Gasteiger partial charge is 0.223 e. The van der Waals surface area contributed by atoms with E-state index in [2.05, 4.69) is 15.5 Å². The van der Waals surface area contributed by atoms with E-state index < -0.39 is 0 Å². The minimum absolute atomic E-state index is 0.287. The van der Waals surface area contributed by atoms with Crippen molar-refractivity contribution in [1.82, 2.24) is 15.5 Å². The highest BCUT2D eigenvalue weighted by molar-refractivity contribution is 6.30. The predicted octanol–water partition coefficient (Wildman–Crippen LogP) is 2.86. The van der Waals surface area contributed by atoms with Gasteiger partial charge in [-0.3, -0.25) is 0 Å². The van der Waals surface area contributed by atoms with Gasteiger partial charge in [-0.15, -0.1) is 0 Å². The van der Waals surface area contributed by atoms with Crippen LogP contribution in [0.4, 0.5) is 0 Å². The molecule has 5 nitrogen and oxygen atoms in total. The summed E-state index contributed by atoms with van der Waals surface area (Å²) in [4.78, 5) is 4.11. The minimum atomic E-state index is 0.287. The molecule has 1 N–H and O–H groups in total. The molecule has 1 aromatic carbocycles. The Kier molecular flexibility index (Phi) is 3.89. The Balaban J connectivity index is 1.66. The minimum Gasteiger partial charge on any atom is -0.485 e. The standard InChI is InChI=1S/C14H16ClN3O2/c1-9-17-14(18-20-9)8-19-13-5-2-11(15)6-10(13)7-16-12-3-4-12/h2,5-6,12,16H,3-4,7-8H2,1H3. The van der Waals surface area contributed by atoms with Gasteiger partial charge in [-0.25, -0.2) is 0 Å². The second kappa shape index (κ2) is 5.81. The van der Waals surface area contributed by atoms with Crippen molar-refractivity contribution < 1.29 is 9.26 Å². The lowest BCUT2D eigenvalue weighted by molar-refractivity contribution is 0.282. The number of ether oxygens (including phenoxy) is 1. The molecule has 3 rings (SSSR count). The number of hydrogen-bond acceptors (Lipinski definition) is 5. The first-order valence-electron chi connectivity index (χ1n) is 6.64. The molecule has 0 atom stereocenters. The SMILES string of the molecule is Cc1nc(COc2ccc(Cl)cc2CNC2CC2)no1. The van der Waals surface area contributed by atoms with Crippen molar-refractivity contribution >= 4 is 11.6 Å². The largest absolute Gasteiger partial charge is 0.485 e. The highest BCUT2D eigenvalue weighted by Gasteiger charge is 2.20. The van der Waals surface area contributed by atoms with Gasteiger partial charge in [0.15, 0.2) is 6.61 Å². The molecule has 0 bridgehead atoms. The van der Waals surface area contributed by atoms with Gasteiger partial charge in [0.25, 0.3) is 0 Å². The normalized spacial score (nSPS) is 14.5. The Hall–Kier alpha value is -1.59. The zero-order chi connectivity index (χ0) is 13.9. The van der Waals surface area contributed by atoms with Gasteiger partial charge in [-0.2, -0.15) is 4.98 Å². The van der Waals surface area contributed by atoms with Crippen LogP contribution in [0, 0.1) is 6.92 Å². The van der Waals surface area contributed by atoms with Gasteiger partial charge in [0.1, 0.15) is 5.75 Å². The van der Waals surface area contributed by atoms with E-state index >= 15 is 0 Å². The van der Waals surface area contributed by atoms with Gasteiger partial charge >= 0.3 is 0 Å². The molecule has 2 aromatic rings. The summed E-state index contributed by atoms with van der Waals surface area (Å²) < 4.78 is 10.7. The summed E-state index contributed by atoms with van der Waals surface area (Å²) >= 11 is 6.05. The van der Waals surface area contributed by atoms with Gasteiger partial charge in [0.05, 0.1) is 0 Å². The van der Waals surface area contributed by atoms with Gasteiger partial charge in [-0.05, 0) is 31.0 Å². The van der Waals surface area contributed by atoms with Crippen molar-refractivity contribution in [2.45, 2.75) is 39.0 Å². The quantitative estimate of drug-likeness (QED) is 0.887. The summed E-state index contributed by atoms with van der Waals surface area (Å²) in [7, 11) is 0. The van der Waals surface area contributed by atoms with Crippen molar-refractivity contribution in [3.63, 3.8) is 0 Å². The number of nitrogens with zero attached hydrogens (tertiary/aromatic N) is 2. The molecule has 1 aliphatic carbocycles. The van der Waals surface area contributed by atoms with E-state index in [4.69, 9.17) is 20.9 Å². The molecule has 0 radical (unpaired) electrons.